The summed E-state index contributed by atoms with van der Waals surface area (Å²) in [6.45, 7) is 9.56. The number of rotatable bonds is 8. The van der Waals surface area contributed by atoms with Crippen LogP contribution >= 0.6 is 0 Å². The van der Waals surface area contributed by atoms with Crippen LogP contribution in [0.2, 0.25) is 0 Å². The Hall–Kier alpha value is -1.30. The van der Waals surface area contributed by atoms with Crippen molar-refractivity contribution < 1.29 is 19.4 Å². The number of amides is 2. The van der Waals surface area contributed by atoms with E-state index in [1.165, 1.54) is 4.90 Å². The summed E-state index contributed by atoms with van der Waals surface area (Å²) in [5.41, 5.74) is -0.0886. The summed E-state index contributed by atoms with van der Waals surface area (Å²) in [5, 5.41) is 11.8. The van der Waals surface area contributed by atoms with E-state index in [9.17, 15) is 14.7 Å². The first-order valence-electron chi connectivity index (χ1n) is 6.97. The van der Waals surface area contributed by atoms with E-state index in [2.05, 4.69) is 5.32 Å². The molecule has 0 fully saturated rings. The number of nitrogens with zero attached hydrogens (tertiary/aromatic N) is 1. The van der Waals surface area contributed by atoms with Crippen LogP contribution in [0.1, 0.15) is 34.1 Å². The average molecular weight is 288 g/mol. The number of carboxylic acids is 1. The van der Waals surface area contributed by atoms with Gasteiger partial charge in [-0.3, -0.25) is 4.79 Å². The van der Waals surface area contributed by atoms with Crippen molar-refractivity contribution in [3.8, 4) is 0 Å². The fraction of sp³-hybridized carbons (Fsp3) is 0.857. The summed E-state index contributed by atoms with van der Waals surface area (Å²) in [7, 11) is 1.66. The highest BCUT2D eigenvalue weighted by Gasteiger charge is 2.25. The zero-order valence-corrected chi connectivity index (χ0v) is 13.2. The van der Waals surface area contributed by atoms with Crippen LogP contribution in [0.25, 0.3) is 0 Å². The minimum Gasteiger partial charge on any atom is -0.481 e. The second-order valence-electron chi connectivity index (χ2n) is 6.10. The summed E-state index contributed by atoms with van der Waals surface area (Å²) in [6.07, 6.45) is 0.519. The van der Waals surface area contributed by atoms with Crippen LogP contribution in [0.15, 0.2) is 0 Å². The Morgan fingerprint density at radius 2 is 1.95 bits per heavy atom. The molecule has 118 valence electrons. The predicted molar refractivity (Wildman–Crippen MR) is 77.7 cm³/mol. The number of aliphatic carboxylic acids is 1. The van der Waals surface area contributed by atoms with Crippen molar-refractivity contribution in [2.24, 2.45) is 11.3 Å². The van der Waals surface area contributed by atoms with Crippen LogP contribution < -0.4 is 5.32 Å². The third-order valence-electron chi connectivity index (χ3n) is 2.83. The monoisotopic (exact) mass is 288 g/mol. The molecule has 6 heteroatoms. The van der Waals surface area contributed by atoms with E-state index in [1.54, 1.807) is 7.05 Å². The van der Waals surface area contributed by atoms with Crippen LogP contribution in [-0.2, 0) is 9.53 Å². The quantitative estimate of drug-likeness (QED) is 0.668. The molecule has 0 rings (SSSR count). The number of urea groups is 1. The van der Waals surface area contributed by atoms with Gasteiger partial charge in [0.1, 0.15) is 0 Å². The minimum atomic E-state index is -0.878. The second-order valence-corrected chi connectivity index (χ2v) is 6.10. The van der Waals surface area contributed by atoms with Crippen molar-refractivity contribution in [2.45, 2.75) is 34.1 Å². The van der Waals surface area contributed by atoms with Crippen LogP contribution in [0.5, 0.6) is 0 Å². The van der Waals surface area contributed by atoms with E-state index in [0.29, 0.717) is 26.2 Å². The van der Waals surface area contributed by atoms with Crippen molar-refractivity contribution in [1.82, 2.24) is 10.2 Å². The number of ether oxygens (including phenoxy) is 1. The first-order valence-corrected chi connectivity index (χ1v) is 6.97. The molecule has 0 spiro atoms. The standard InChI is InChI=1S/C14H28N2O4/c1-6-20-8-7-16(5)13(19)15-10-11(12(17)18)9-14(2,3)4/h11H,6-10H2,1-5H3,(H,15,19)(H,17,18). The molecule has 0 heterocycles. The molecular formula is C14H28N2O4. The lowest BCUT2D eigenvalue weighted by Gasteiger charge is -2.24. The predicted octanol–water partition coefficient (Wildman–Crippen LogP) is 1.80. The fourth-order valence-electron chi connectivity index (χ4n) is 1.78. The number of hydrogen-bond acceptors (Lipinski definition) is 3. The zero-order valence-electron chi connectivity index (χ0n) is 13.2. The summed E-state index contributed by atoms with van der Waals surface area (Å²) in [5.74, 6) is -1.45. The third-order valence-corrected chi connectivity index (χ3v) is 2.83. The summed E-state index contributed by atoms with van der Waals surface area (Å²) < 4.78 is 5.17. The van der Waals surface area contributed by atoms with E-state index < -0.39 is 11.9 Å². The maximum absolute atomic E-state index is 11.8. The van der Waals surface area contributed by atoms with E-state index in [4.69, 9.17) is 4.74 Å². The molecule has 6 nitrogen and oxygen atoms in total. The number of carbonyl (C=O) groups is 2. The highest BCUT2D eigenvalue weighted by atomic mass is 16.5. The van der Waals surface area contributed by atoms with Gasteiger partial charge in [-0.25, -0.2) is 4.79 Å². The van der Waals surface area contributed by atoms with Crippen LogP contribution in [0.3, 0.4) is 0 Å². The number of hydrogen-bond donors (Lipinski definition) is 2. The molecule has 0 saturated carbocycles. The Kier molecular flexibility index (Phi) is 8.22. The maximum Gasteiger partial charge on any atom is 0.317 e. The highest BCUT2D eigenvalue weighted by molar-refractivity contribution is 5.75. The minimum absolute atomic E-state index is 0.0886. The molecule has 2 amide bonds. The number of nitrogens with one attached hydrogen (secondary N) is 1. The highest BCUT2D eigenvalue weighted by Crippen LogP contribution is 2.24. The molecule has 0 aliphatic carbocycles. The Labute approximate surface area is 121 Å². The third kappa shape index (κ3) is 8.74. The molecular weight excluding hydrogens is 260 g/mol. The first kappa shape index (κ1) is 18.7. The van der Waals surface area contributed by atoms with Gasteiger partial charge < -0.3 is 20.1 Å². The summed E-state index contributed by atoms with van der Waals surface area (Å²) in [4.78, 5) is 24.5. The maximum atomic E-state index is 11.8. The van der Waals surface area contributed by atoms with Crippen LogP contribution in [0.4, 0.5) is 4.79 Å². The van der Waals surface area contributed by atoms with Crippen LogP contribution in [-0.4, -0.2) is 55.4 Å². The molecule has 0 aliphatic rings. The van der Waals surface area contributed by atoms with Crippen LogP contribution in [0, 0.1) is 11.3 Å². The molecule has 0 saturated heterocycles. The van der Waals surface area contributed by atoms with Gasteiger partial charge in [0, 0.05) is 26.7 Å². The van der Waals surface area contributed by atoms with Crippen molar-refractivity contribution in [2.75, 3.05) is 33.4 Å². The molecule has 1 atom stereocenters. The Balaban J connectivity index is 4.20. The van der Waals surface area contributed by atoms with E-state index in [-0.39, 0.29) is 18.0 Å². The van der Waals surface area contributed by atoms with Gasteiger partial charge in [-0.2, -0.15) is 0 Å². The van der Waals surface area contributed by atoms with Gasteiger partial charge in [0.25, 0.3) is 0 Å². The lowest BCUT2D eigenvalue weighted by Crippen LogP contribution is -2.42. The molecule has 0 aromatic heterocycles. The molecule has 0 aromatic carbocycles. The molecule has 0 bridgehead atoms. The largest absolute Gasteiger partial charge is 0.481 e. The average Bonchev–Trinajstić information content (AvgIpc) is 2.32. The van der Waals surface area contributed by atoms with Gasteiger partial charge in [0.2, 0.25) is 0 Å². The van der Waals surface area contributed by atoms with Gasteiger partial charge in [0.05, 0.1) is 12.5 Å². The van der Waals surface area contributed by atoms with Crippen molar-refractivity contribution in [3.05, 3.63) is 0 Å². The van der Waals surface area contributed by atoms with Crippen molar-refractivity contribution in [1.29, 1.82) is 0 Å². The van der Waals surface area contributed by atoms with Crippen molar-refractivity contribution in [3.63, 3.8) is 0 Å². The molecule has 0 aromatic rings. The number of likely N-dealkylation sites (N-methyl/N-ethyl adjacent to an activating group) is 1. The number of carboxylic acid groups (broad SMARTS) is 1. The van der Waals surface area contributed by atoms with Gasteiger partial charge in [-0.05, 0) is 18.8 Å². The smallest absolute Gasteiger partial charge is 0.317 e. The van der Waals surface area contributed by atoms with E-state index in [0.717, 1.165) is 0 Å². The fourth-order valence-corrected chi connectivity index (χ4v) is 1.78. The van der Waals surface area contributed by atoms with Gasteiger partial charge >= 0.3 is 12.0 Å². The van der Waals surface area contributed by atoms with E-state index in [1.807, 2.05) is 27.7 Å². The van der Waals surface area contributed by atoms with Gasteiger partial charge in [-0.1, -0.05) is 20.8 Å². The lowest BCUT2D eigenvalue weighted by atomic mass is 9.84. The van der Waals surface area contributed by atoms with Gasteiger partial charge in [0.15, 0.2) is 0 Å². The summed E-state index contributed by atoms with van der Waals surface area (Å²) >= 11 is 0. The Morgan fingerprint density at radius 3 is 2.40 bits per heavy atom. The molecule has 20 heavy (non-hydrogen) atoms. The Bertz CT molecular complexity index is 313. The Morgan fingerprint density at radius 1 is 1.35 bits per heavy atom. The first-order chi connectivity index (χ1) is 9.17. The summed E-state index contributed by atoms with van der Waals surface area (Å²) in [6, 6.07) is -0.273. The van der Waals surface area contributed by atoms with Crippen molar-refractivity contribution >= 4 is 12.0 Å². The SMILES string of the molecule is CCOCCN(C)C(=O)NCC(CC(C)(C)C)C(=O)O. The lowest BCUT2D eigenvalue weighted by molar-refractivity contribution is -0.142. The molecule has 0 aliphatic heterocycles. The topological polar surface area (TPSA) is 78.9 Å². The number of carbonyl (C=O) groups excluding carboxylic acids is 1. The molecule has 2 N–H and O–H groups in total. The van der Waals surface area contributed by atoms with Gasteiger partial charge in [-0.15, -0.1) is 0 Å². The second kappa shape index (κ2) is 8.79. The van der Waals surface area contributed by atoms with E-state index >= 15 is 0 Å². The normalized spacial score (nSPS) is 12.8. The molecule has 0 radical (unpaired) electrons. The zero-order chi connectivity index (χ0) is 15.8. The molecule has 1 unspecified atom stereocenters.